The van der Waals surface area contributed by atoms with Gasteiger partial charge in [-0.05, 0) is 54.7 Å². The first kappa shape index (κ1) is 29.4. The highest BCUT2D eigenvalue weighted by Crippen LogP contribution is 2.33. The Balaban J connectivity index is 1.61. The molecule has 40 heavy (non-hydrogen) atoms. The van der Waals surface area contributed by atoms with Gasteiger partial charge in [-0.3, -0.25) is 14.4 Å². The number of likely N-dealkylation sites (tertiary alicyclic amines) is 1. The summed E-state index contributed by atoms with van der Waals surface area (Å²) >= 11 is 0. The Bertz CT molecular complexity index is 1190. The monoisotopic (exact) mass is 553 g/mol. The van der Waals surface area contributed by atoms with Crippen LogP contribution in [0.15, 0.2) is 42.5 Å². The quantitative estimate of drug-likeness (QED) is 0.568. The van der Waals surface area contributed by atoms with E-state index in [9.17, 15) is 14.4 Å². The van der Waals surface area contributed by atoms with Gasteiger partial charge in [0.15, 0.2) is 11.5 Å². The van der Waals surface area contributed by atoms with Crippen molar-refractivity contribution in [1.29, 1.82) is 0 Å². The number of hydrogen-bond donors (Lipinski definition) is 1. The first-order chi connectivity index (χ1) is 19.4. The van der Waals surface area contributed by atoms with Crippen molar-refractivity contribution in [1.82, 2.24) is 15.1 Å². The lowest BCUT2D eigenvalue weighted by molar-refractivity contribution is -0.138. The van der Waals surface area contributed by atoms with E-state index in [2.05, 4.69) is 5.32 Å². The van der Waals surface area contributed by atoms with E-state index < -0.39 is 6.04 Å². The Hall–Kier alpha value is -3.63. The summed E-state index contributed by atoms with van der Waals surface area (Å²) in [5, 5.41) is 3.05. The lowest BCUT2D eigenvalue weighted by Crippen LogP contribution is -2.58. The molecular weight excluding hydrogens is 514 g/mol. The fourth-order valence-electron chi connectivity index (χ4n) is 5.06. The van der Waals surface area contributed by atoms with Crippen molar-refractivity contribution in [2.45, 2.75) is 51.4 Å². The third kappa shape index (κ3) is 7.95. The van der Waals surface area contributed by atoms with E-state index in [0.29, 0.717) is 69.4 Å². The topological polar surface area (TPSA) is 107 Å². The Labute approximate surface area is 235 Å². The number of rotatable bonds is 5. The summed E-state index contributed by atoms with van der Waals surface area (Å²) in [6.07, 6.45) is 1.62. The second kappa shape index (κ2) is 14.1. The molecule has 1 N–H and O–H groups in total. The molecule has 3 amide bonds. The van der Waals surface area contributed by atoms with Crippen molar-refractivity contribution < 1.29 is 33.3 Å². The van der Waals surface area contributed by atoms with E-state index in [-0.39, 0.29) is 36.8 Å². The van der Waals surface area contributed by atoms with Gasteiger partial charge in [-0.25, -0.2) is 0 Å². The van der Waals surface area contributed by atoms with Crippen LogP contribution in [0.3, 0.4) is 0 Å². The van der Waals surface area contributed by atoms with E-state index in [4.69, 9.17) is 18.9 Å². The molecule has 3 heterocycles. The van der Waals surface area contributed by atoms with Crippen molar-refractivity contribution in [2.24, 2.45) is 0 Å². The van der Waals surface area contributed by atoms with Crippen LogP contribution in [-0.4, -0.2) is 86.7 Å². The van der Waals surface area contributed by atoms with Gasteiger partial charge in [-0.15, -0.1) is 0 Å². The zero-order valence-electron chi connectivity index (χ0n) is 23.5. The minimum atomic E-state index is -0.401. The number of carbonyl (C=O) groups is 3. The van der Waals surface area contributed by atoms with E-state index in [0.717, 1.165) is 11.1 Å². The molecule has 10 nitrogen and oxygen atoms in total. The average Bonchev–Trinajstić information content (AvgIpc) is 2.95. The lowest BCUT2D eigenvalue weighted by Gasteiger charge is -2.38. The number of nitrogens with zero attached hydrogens (tertiary/aromatic N) is 2. The molecule has 216 valence electrons. The van der Waals surface area contributed by atoms with Crippen LogP contribution in [0.1, 0.15) is 37.3 Å². The number of hydrogen-bond acceptors (Lipinski definition) is 7. The van der Waals surface area contributed by atoms with Crippen LogP contribution in [0.2, 0.25) is 0 Å². The fraction of sp³-hybridized carbons (Fsp3) is 0.500. The van der Waals surface area contributed by atoms with E-state index >= 15 is 0 Å². The van der Waals surface area contributed by atoms with Crippen molar-refractivity contribution in [3.8, 4) is 17.2 Å². The molecule has 0 radical (unpaired) electrons. The molecule has 4 bridgehead atoms. The average molecular weight is 554 g/mol. The number of carbonyl (C=O) groups excluding carboxylic acids is 3. The number of fused-ring (bicyclic) bond motifs is 9. The first-order valence-corrected chi connectivity index (χ1v) is 13.7. The fourth-order valence-corrected chi connectivity index (χ4v) is 5.06. The zero-order valence-corrected chi connectivity index (χ0v) is 23.5. The normalized spacial score (nSPS) is 20.5. The van der Waals surface area contributed by atoms with Crippen molar-refractivity contribution in [3.63, 3.8) is 0 Å². The molecule has 3 aliphatic heterocycles. The standard InChI is InChI=1S/C30H39N3O7/c1-21(34)32-14-12-26-25(18-32)31-29(35)19-33(13-5-15-37-2)30(36)11-9-22-8-10-27(28(17-22)38-3)40-24-7-4-6-23(16-24)20-39-26/h4,6-8,10,16-17,25-26H,5,9,11-15,18-20H2,1-3H3,(H,31,35)/t25-,26+/m0/s1. The summed E-state index contributed by atoms with van der Waals surface area (Å²) in [6.45, 7) is 3.53. The Morgan fingerprint density at radius 3 is 2.73 bits per heavy atom. The van der Waals surface area contributed by atoms with Gasteiger partial charge < -0.3 is 34.1 Å². The van der Waals surface area contributed by atoms with Gasteiger partial charge in [0, 0.05) is 46.7 Å². The maximum absolute atomic E-state index is 13.3. The number of piperidine rings is 1. The molecule has 2 aromatic carbocycles. The molecule has 0 unspecified atom stereocenters. The lowest BCUT2D eigenvalue weighted by atomic mass is 10.0. The largest absolute Gasteiger partial charge is 0.493 e. The van der Waals surface area contributed by atoms with Crippen molar-refractivity contribution >= 4 is 17.7 Å². The smallest absolute Gasteiger partial charge is 0.239 e. The van der Waals surface area contributed by atoms with Crippen molar-refractivity contribution in [2.75, 3.05) is 47.0 Å². The third-order valence-electron chi connectivity index (χ3n) is 7.25. The number of benzene rings is 2. The molecule has 10 heteroatoms. The van der Waals surface area contributed by atoms with Crippen LogP contribution in [0.25, 0.3) is 0 Å². The first-order valence-electron chi connectivity index (χ1n) is 13.7. The van der Waals surface area contributed by atoms with Gasteiger partial charge in [-0.2, -0.15) is 0 Å². The van der Waals surface area contributed by atoms with Gasteiger partial charge in [0.25, 0.3) is 0 Å². The van der Waals surface area contributed by atoms with E-state index in [1.807, 2.05) is 42.5 Å². The summed E-state index contributed by atoms with van der Waals surface area (Å²) in [7, 11) is 3.19. The number of amides is 3. The highest BCUT2D eigenvalue weighted by Gasteiger charge is 2.33. The maximum atomic E-state index is 13.3. The summed E-state index contributed by atoms with van der Waals surface area (Å²) in [5.41, 5.74) is 1.84. The molecule has 2 atom stereocenters. The SMILES string of the molecule is COCCCN1CC(=O)N[C@H]2CN(C(C)=O)CC[C@H]2OCc2cccc(c2)Oc2ccc(cc2OC)CCC1=O. The Morgan fingerprint density at radius 2 is 1.95 bits per heavy atom. The van der Waals surface area contributed by atoms with Gasteiger partial charge in [0.1, 0.15) is 5.75 Å². The number of aryl methyl sites for hydroxylation is 1. The molecule has 0 aromatic heterocycles. The molecule has 5 rings (SSSR count). The number of nitrogens with one attached hydrogen (secondary N) is 1. The Morgan fingerprint density at radius 1 is 1.10 bits per heavy atom. The minimum Gasteiger partial charge on any atom is -0.493 e. The molecule has 0 saturated carbocycles. The predicted octanol–water partition coefficient (Wildman–Crippen LogP) is 2.92. The van der Waals surface area contributed by atoms with Crippen LogP contribution in [0.5, 0.6) is 17.2 Å². The summed E-state index contributed by atoms with van der Waals surface area (Å²) in [5.74, 6) is 1.33. The summed E-state index contributed by atoms with van der Waals surface area (Å²) in [4.78, 5) is 41.9. The zero-order chi connectivity index (χ0) is 28.5. The second-order valence-corrected chi connectivity index (χ2v) is 10.2. The summed E-state index contributed by atoms with van der Waals surface area (Å²) in [6, 6.07) is 12.9. The van der Waals surface area contributed by atoms with Crippen LogP contribution < -0.4 is 14.8 Å². The van der Waals surface area contributed by atoms with E-state index in [1.165, 1.54) is 6.92 Å². The number of ether oxygens (including phenoxy) is 4. The summed E-state index contributed by atoms with van der Waals surface area (Å²) < 4.78 is 23.2. The van der Waals surface area contributed by atoms with Gasteiger partial charge in [0.2, 0.25) is 17.7 Å². The predicted molar refractivity (Wildman–Crippen MR) is 148 cm³/mol. The van der Waals surface area contributed by atoms with E-state index in [1.54, 1.807) is 24.0 Å². The van der Waals surface area contributed by atoms with Crippen molar-refractivity contribution in [3.05, 3.63) is 53.6 Å². The second-order valence-electron chi connectivity index (χ2n) is 10.2. The highest BCUT2D eigenvalue weighted by molar-refractivity contribution is 5.85. The Kier molecular flexibility index (Phi) is 10.4. The third-order valence-corrected chi connectivity index (χ3v) is 7.25. The molecule has 3 aliphatic rings. The highest BCUT2D eigenvalue weighted by atomic mass is 16.5. The van der Waals surface area contributed by atoms with Crippen LogP contribution in [0, 0.1) is 0 Å². The molecular formula is C30H39N3O7. The molecule has 1 saturated heterocycles. The van der Waals surface area contributed by atoms with Gasteiger partial charge in [-0.1, -0.05) is 18.2 Å². The van der Waals surface area contributed by atoms with Gasteiger partial charge in [0.05, 0.1) is 32.4 Å². The number of methoxy groups -OCH3 is 2. The molecule has 0 aliphatic carbocycles. The minimum absolute atomic E-state index is 0.0493. The molecule has 2 aromatic rings. The van der Waals surface area contributed by atoms with Crippen LogP contribution in [-0.2, 0) is 36.9 Å². The van der Waals surface area contributed by atoms with Crippen LogP contribution >= 0.6 is 0 Å². The van der Waals surface area contributed by atoms with Gasteiger partial charge >= 0.3 is 0 Å². The maximum Gasteiger partial charge on any atom is 0.239 e. The molecule has 1 fully saturated rings. The van der Waals surface area contributed by atoms with Crippen LogP contribution in [0.4, 0.5) is 0 Å². The molecule has 0 spiro atoms.